The van der Waals surface area contributed by atoms with E-state index in [2.05, 4.69) is 26.0 Å². The van der Waals surface area contributed by atoms with Crippen LogP contribution in [0.15, 0.2) is 30.3 Å². The maximum atomic E-state index is 11.8. The topological polar surface area (TPSA) is 38.3 Å². The molecular weight excluding hydrogens is 339 g/mol. The number of benzene rings is 1. The standard InChI is InChI=1S/C13H15BrF3NO2/c14-8-11(10-4-2-1-3-5-10)18-12(19)6-7-20-9-13(15,16)17/h1-5,11H,6-9H2,(H,18,19). The van der Waals surface area contributed by atoms with E-state index >= 15 is 0 Å². The lowest BCUT2D eigenvalue weighted by molar-refractivity contribution is -0.174. The first-order chi connectivity index (χ1) is 9.42. The predicted octanol–water partition coefficient (Wildman–Crippen LogP) is 3.21. The highest BCUT2D eigenvalue weighted by atomic mass is 79.9. The molecule has 1 amide bonds. The first-order valence-electron chi connectivity index (χ1n) is 5.97. The molecule has 7 heteroatoms. The van der Waals surface area contributed by atoms with Gasteiger partial charge in [0, 0.05) is 11.8 Å². The highest BCUT2D eigenvalue weighted by molar-refractivity contribution is 9.09. The van der Waals surface area contributed by atoms with E-state index < -0.39 is 12.8 Å². The molecule has 1 N–H and O–H groups in total. The molecular formula is C13H15BrF3NO2. The molecule has 0 heterocycles. The van der Waals surface area contributed by atoms with Gasteiger partial charge < -0.3 is 10.1 Å². The largest absolute Gasteiger partial charge is 0.411 e. The Bertz CT molecular complexity index is 412. The summed E-state index contributed by atoms with van der Waals surface area (Å²) < 4.78 is 39.9. The molecule has 0 aliphatic carbocycles. The summed E-state index contributed by atoms with van der Waals surface area (Å²) in [5.74, 6) is -0.347. The molecule has 0 saturated heterocycles. The van der Waals surface area contributed by atoms with E-state index in [0.29, 0.717) is 5.33 Å². The van der Waals surface area contributed by atoms with Crippen molar-refractivity contribution in [1.29, 1.82) is 0 Å². The van der Waals surface area contributed by atoms with Crippen molar-refractivity contribution in [3.8, 4) is 0 Å². The summed E-state index contributed by atoms with van der Waals surface area (Å²) in [6, 6.07) is 9.08. The van der Waals surface area contributed by atoms with Crippen LogP contribution in [-0.2, 0) is 9.53 Å². The summed E-state index contributed by atoms with van der Waals surface area (Å²) in [6.07, 6.45) is -4.47. The number of ether oxygens (including phenoxy) is 1. The molecule has 0 aromatic heterocycles. The first kappa shape index (κ1) is 17.0. The molecule has 0 saturated carbocycles. The number of hydrogen-bond donors (Lipinski definition) is 1. The van der Waals surface area contributed by atoms with E-state index in [9.17, 15) is 18.0 Å². The van der Waals surface area contributed by atoms with E-state index in [1.807, 2.05) is 30.3 Å². The maximum absolute atomic E-state index is 11.8. The Kier molecular flexibility index (Phi) is 7.01. The Hall–Kier alpha value is -1.08. The van der Waals surface area contributed by atoms with Crippen LogP contribution in [0.25, 0.3) is 0 Å². The zero-order chi connectivity index (χ0) is 15.0. The molecule has 3 nitrogen and oxygen atoms in total. The Morgan fingerprint density at radius 3 is 2.50 bits per heavy atom. The van der Waals surface area contributed by atoms with E-state index in [-0.39, 0.29) is 25.0 Å². The van der Waals surface area contributed by atoms with Gasteiger partial charge in [0.1, 0.15) is 6.61 Å². The van der Waals surface area contributed by atoms with Crippen LogP contribution in [0.2, 0.25) is 0 Å². The highest BCUT2D eigenvalue weighted by Crippen LogP contribution is 2.16. The van der Waals surface area contributed by atoms with Gasteiger partial charge in [-0.2, -0.15) is 13.2 Å². The average Bonchev–Trinajstić information content (AvgIpc) is 2.41. The SMILES string of the molecule is O=C(CCOCC(F)(F)F)NC(CBr)c1ccccc1. The number of nitrogens with one attached hydrogen (secondary N) is 1. The second-order valence-corrected chi connectivity index (χ2v) is 4.75. The summed E-state index contributed by atoms with van der Waals surface area (Å²) in [4.78, 5) is 11.6. The third-order valence-corrected chi connectivity index (χ3v) is 3.08. The molecule has 1 aromatic carbocycles. The number of amides is 1. The zero-order valence-electron chi connectivity index (χ0n) is 10.6. The summed E-state index contributed by atoms with van der Waals surface area (Å²) in [5.41, 5.74) is 0.925. The smallest absolute Gasteiger partial charge is 0.372 e. The molecule has 0 fully saturated rings. The molecule has 20 heavy (non-hydrogen) atoms. The third-order valence-electron chi connectivity index (χ3n) is 2.43. The second-order valence-electron chi connectivity index (χ2n) is 4.10. The van der Waals surface area contributed by atoms with Gasteiger partial charge in [0.15, 0.2) is 0 Å². The van der Waals surface area contributed by atoms with Gasteiger partial charge in [-0.3, -0.25) is 4.79 Å². The quantitative estimate of drug-likeness (QED) is 0.603. The van der Waals surface area contributed by atoms with Gasteiger partial charge in [0.25, 0.3) is 0 Å². The van der Waals surface area contributed by atoms with E-state index in [1.54, 1.807) is 0 Å². The Morgan fingerprint density at radius 2 is 1.95 bits per heavy atom. The molecule has 1 unspecified atom stereocenters. The summed E-state index contributed by atoms with van der Waals surface area (Å²) in [6.45, 7) is -1.59. The highest BCUT2D eigenvalue weighted by Gasteiger charge is 2.27. The normalized spacial score (nSPS) is 13.0. The minimum Gasteiger partial charge on any atom is -0.372 e. The lowest BCUT2D eigenvalue weighted by atomic mass is 10.1. The van der Waals surface area contributed by atoms with Crippen molar-refractivity contribution in [2.75, 3.05) is 18.5 Å². The van der Waals surface area contributed by atoms with Crippen molar-refractivity contribution in [2.45, 2.75) is 18.6 Å². The van der Waals surface area contributed by atoms with Crippen LogP contribution in [0, 0.1) is 0 Å². The van der Waals surface area contributed by atoms with E-state index in [0.717, 1.165) is 5.56 Å². The van der Waals surface area contributed by atoms with Crippen molar-refractivity contribution in [2.24, 2.45) is 0 Å². The van der Waals surface area contributed by atoms with Gasteiger partial charge in [-0.1, -0.05) is 46.3 Å². The lowest BCUT2D eigenvalue weighted by Gasteiger charge is -2.16. The summed E-state index contributed by atoms with van der Waals surface area (Å²) in [5, 5.41) is 3.25. The number of hydrogen-bond acceptors (Lipinski definition) is 2. The Balaban J connectivity index is 2.34. The fourth-order valence-electron chi connectivity index (χ4n) is 1.52. The lowest BCUT2D eigenvalue weighted by Crippen LogP contribution is -2.30. The molecule has 0 bridgehead atoms. The third kappa shape index (κ3) is 6.91. The van der Waals surface area contributed by atoms with Crippen LogP contribution in [0.4, 0.5) is 13.2 Å². The van der Waals surface area contributed by atoms with Crippen molar-refractivity contribution in [1.82, 2.24) is 5.32 Å². The summed E-state index contributed by atoms with van der Waals surface area (Å²) in [7, 11) is 0. The van der Waals surface area contributed by atoms with Crippen LogP contribution in [0.1, 0.15) is 18.0 Å². The van der Waals surface area contributed by atoms with Crippen LogP contribution >= 0.6 is 15.9 Å². The average molecular weight is 354 g/mol. The second kappa shape index (κ2) is 8.26. The molecule has 0 spiro atoms. The van der Waals surface area contributed by atoms with Crippen LogP contribution in [0.5, 0.6) is 0 Å². The zero-order valence-corrected chi connectivity index (χ0v) is 12.2. The molecule has 0 aliphatic rings. The molecule has 1 rings (SSSR count). The van der Waals surface area contributed by atoms with E-state index in [1.165, 1.54) is 0 Å². The summed E-state index contributed by atoms with van der Waals surface area (Å²) >= 11 is 3.29. The molecule has 1 atom stereocenters. The Labute approximate surface area is 123 Å². The van der Waals surface area contributed by atoms with Gasteiger partial charge in [-0.15, -0.1) is 0 Å². The minimum absolute atomic E-state index is 0.105. The molecule has 112 valence electrons. The fourth-order valence-corrected chi connectivity index (χ4v) is 2.05. The van der Waals surface area contributed by atoms with Crippen molar-refractivity contribution < 1.29 is 22.7 Å². The van der Waals surface area contributed by atoms with E-state index in [4.69, 9.17) is 0 Å². The van der Waals surface area contributed by atoms with Crippen molar-refractivity contribution in [3.63, 3.8) is 0 Å². The fraction of sp³-hybridized carbons (Fsp3) is 0.462. The molecule has 0 aliphatic heterocycles. The van der Waals surface area contributed by atoms with Gasteiger partial charge >= 0.3 is 6.18 Å². The maximum Gasteiger partial charge on any atom is 0.411 e. The number of rotatable bonds is 7. The number of alkyl halides is 4. The monoisotopic (exact) mass is 353 g/mol. The van der Waals surface area contributed by atoms with Crippen LogP contribution in [-0.4, -0.2) is 30.6 Å². The molecule has 1 aromatic rings. The first-order valence-corrected chi connectivity index (χ1v) is 7.09. The van der Waals surface area contributed by atoms with Gasteiger partial charge in [0.2, 0.25) is 5.91 Å². The van der Waals surface area contributed by atoms with Gasteiger partial charge in [-0.25, -0.2) is 0 Å². The van der Waals surface area contributed by atoms with Crippen LogP contribution in [0.3, 0.4) is 0 Å². The number of carbonyl (C=O) groups is 1. The van der Waals surface area contributed by atoms with Gasteiger partial charge in [-0.05, 0) is 5.56 Å². The van der Waals surface area contributed by atoms with Crippen LogP contribution < -0.4 is 5.32 Å². The number of halogens is 4. The number of carbonyl (C=O) groups excluding carboxylic acids is 1. The van der Waals surface area contributed by atoms with Crippen molar-refractivity contribution in [3.05, 3.63) is 35.9 Å². The minimum atomic E-state index is -4.36. The Morgan fingerprint density at radius 1 is 1.30 bits per heavy atom. The molecule has 0 radical (unpaired) electrons. The van der Waals surface area contributed by atoms with Crippen molar-refractivity contribution >= 4 is 21.8 Å². The van der Waals surface area contributed by atoms with Gasteiger partial charge in [0.05, 0.1) is 12.6 Å². The predicted molar refractivity (Wildman–Crippen MR) is 72.6 cm³/mol.